The zero-order chi connectivity index (χ0) is 26.4. The molecule has 4 aromatic rings. The van der Waals surface area contributed by atoms with E-state index in [0.717, 1.165) is 38.4 Å². The summed E-state index contributed by atoms with van der Waals surface area (Å²) in [6, 6.07) is 12.2. The molecule has 0 saturated carbocycles. The lowest BCUT2D eigenvalue weighted by Gasteiger charge is -2.23. The summed E-state index contributed by atoms with van der Waals surface area (Å²) in [4.78, 5) is 13.0. The number of hydrogen-bond acceptors (Lipinski definition) is 6. The third-order valence-electron chi connectivity index (χ3n) is 6.69. The number of carboxylic acids is 1. The van der Waals surface area contributed by atoms with Crippen LogP contribution in [-0.2, 0) is 17.6 Å². The standard InChI is InChI=1S/C28H24ClFN4O3S/c1-15-14-34-22(12-21(33-34)28-32-13-18(38-28)10-16-2-4-17(30)5-3-16)25(20(15)11-24(35)36)19-6-7-23-27(26(19)29)31-8-9-37-23/h2-7,12-14,28,31-32H,8-11H2,1H3,(H,35,36). The maximum atomic E-state index is 13.3. The number of thioether (sulfide) groups is 1. The number of aromatic nitrogens is 2. The molecule has 1 unspecified atom stereocenters. The van der Waals surface area contributed by atoms with Gasteiger partial charge >= 0.3 is 5.97 Å². The molecule has 1 atom stereocenters. The summed E-state index contributed by atoms with van der Waals surface area (Å²) < 4.78 is 20.8. The van der Waals surface area contributed by atoms with E-state index in [0.29, 0.717) is 41.6 Å². The molecule has 2 aromatic heterocycles. The Bertz CT molecular complexity index is 1600. The quantitative estimate of drug-likeness (QED) is 0.273. The van der Waals surface area contributed by atoms with Crippen molar-refractivity contribution in [1.82, 2.24) is 14.9 Å². The smallest absolute Gasteiger partial charge is 0.307 e. The first-order valence-corrected chi connectivity index (χ1v) is 13.4. The van der Waals surface area contributed by atoms with E-state index >= 15 is 0 Å². The minimum absolute atomic E-state index is 0.115. The lowest BCUT2D eigenvalue weighted by atomic mass is 9.93. The molecule has 0 saturated heterocycles. The average molecular weight is 551 g/mol. The fourth-order valence-corrected chi connectivity index (χ4v) is 6.30. The van der Waals surface area contributed by atoms with E-state index in [9.17, 15) is 14.3 Å². The number of carbonyl (C=O) groups is 1. The van der Waals surface area contributed by atoms with Gasteiger partial charge in [0.05, 0.1) is 28.3 Å². The molecule has 0 spiro atoms. The maximum absolute atomic E-state index is 13.3. The third kappa shape index (κ3) is 4.56. The van der Waals surface area contributed by atoms with Crippen LogP contribution >= 0.6 is 23.4 Å². The van der Waals surface area contributed by atoms with Crippen molar-refractivity contribution in [3.8, 4) is 16.9 Å². The van der Waals surface area contributed by atoms with Crippen LogP contribution in [0.2, 0.25) is 5.02 Å². The van der Waals surface area contributed by atoms with Crippen LogP contribution < -0.4 is 15.4 Å². The number of allylic oxidation sites excluding steroid dienone is 1. The Morgan fingerprint density at radius 3 is 2.89 bits per heavy atom. The number of pyridine rings is 1. The van der Waals surface area contributed by atoms with E-state index in [1.165, 1.54) is 12.1 Å². The zero-order valence-corrected chi connectivity index (χ0v) is 22.0. The van der Waals surface area contributed by atoms with Crippen molar-refractivity contribution in [2.45, 2.75) is 25.1 Å². The summed E-state index contributed by atoms with van der Waals surface area (Å²) in [7, 11) is 0. The van der Waals surface area contributed by atoms with Gasteiger partial charge in [-0.05, 0) is 53.9 Å². The second kappa shape index (κ2) is 9.89. The van der Waals surface area contributed by atoms with Crippen molar-refractivity contribution in [3.05, 3.63) is 93.0 Å². The lowest BCUT2D eigenvalue weighted by molar-refractivity contribution is -0.136. The Morgan fingerprint density at radius 2 is 2.11 bits per heavy atom. The first-order chi connectivity index (χ1) is 18.4. The molecular formula is C28H24ClFN4O3S. The van der Waals surface area contributed by atoms with Crippen molar-refractivity contribution < 1.29 is 19.0 Å². The van der Waals surface area contributed by atoms with Crippen molar-refractivity contribution in [1.29, 1.82) is 0 Å². The summed E-state index contributed by atoms with van der Waals surface area (Å²) in [5.74, 6) is -0.496. The summed E-state index contributed by atoms with van der Waals surface area (Å²) in [5, 5.41) is 21.6. The molecule has 4 heterocycles. The van der Waals surface area contributed by atoms with Gasteiger partial charge in [-0.25, -0.2) is 8.91 Å². The second-order valence-corrected chi connectivity index (χ2v) is 10.9. The van der Waals surface area contributed by atoms with E-state index in [1.54, 1.807) is 28.4 Å². The van der Waals surface area contributed by atoms with E-state index < -0.39 is 5.97 Å². The van der Waals surface area contributed by atoms with E-state index in [1.807, 2.05) is 37.5 Å². The van der Waals surface area contributed by atoms with Gasteiger partial charge in [0, 0.05) is 41.4 Å². The molecule has 0 aliphatic carbocycles. The molecular weight excluding hydrogens is 527 g/mol. The maximum Gasteiger partial charge on any atom is 0.307 e. The Balaban J connectivity index is 1.39. The molecule has 2 aromatic carbocycles. The number of aliphatic carboxylic acids is 1. The number of halogens is 2. The SMILES string of the molecule is Cc1cn2nc(C3NC=C(Cc4ccc(F)cc4)S3)cc2c(-c2ccc3c(c2Cl)NCCO3)c1CC(=O)O. The molecule has 0 radical (unpaired) electrons. The van der Waals surface area contributed by atoms with Crippen LogP contribution in [0.1, 0.15) is 27.8 Å². The number of anilines is 1. The number of aryl methyl sites for hydroxylation is 1. The first kappa shape index (κ1) is 24.6. The van der Waals surface area contributed by atoms with Gasteiger partial charge < -0.3 is 20.5 Å². The molecule has 194 valence electrons. The van der Waals surface area contributed by atoms with E-state index in [2.05, 4.69) is 10.6 Å². The number of hydrogen-bond donors (Lipinski definition) is 3. The van der Waals surface area contributed by atoms with Crippen LogP contribution in [0.15, 0.2) is 59.8 Å². The van der Waals surface area contributed by atoms with Crippen LogP contribution in [0.5, 0.6) is 5.75 Å². The van der Waals surface area contributed by atoms with E-state index in [4.69, 9.17) is 21.4 Å². The molecule has 0 fully saturated rings. The minimum Gasteiger partial charge on any atom is -0.490 e. The average Bonchev–Trinajstić information content (AvgIpc) is 3.53. The van der Waals surface area contributed by atoms with Gasteiger partial charge in [-0.2, -0.15) is 5.10 Å². The molecule has 10 heteroatoms. The van der Waals surface area contributed by atoms with Gasteiger partial charge in [0.15, 0.2) is 0 Å². The molecule has 3 N–H and O–H groups in total. The zero-order valence-electron chi connectivity index (χ0n) is 20.4. The molecule has 38 heavy (non-hydrogen) atoms. The molecule has 7 nitrogen and oxygen atoms in total. The highest BCUT2D eigenvalue weighted by molar-refractivity contribution is 8.03. The number of carboxylic acid groups (broad SMARTS) is 1. The number of nitrogens with one attached hydrogen (secondary N) is 2. The normalized spacial score (nSPS) is 16.4. The number of nitrogens with zero attached hydrogens (tertiary/aromatic N) is 2. The minimum atomic E-state index is -0.920. The highest BCUT2D eigenvalue weighted by atomic mass is 35.5. The Kier molecular flexibility index (Phi) is 6.41. The molecule has 0 bridgehead atoms. The van der Waals surface area contributed by atoms with Crippen molar-refractivity contribution in [2.75, 3.05) is 18.5 Å². The van der Waals surface area contributed by atoms with Crippen LogP contribution in [0.4, 0.5) is 10.1 Å². The van der Waals surface area contributed by atoms with Crippen LogP contribution in [0.25, 0.3) is 16.6 Å². The number of fused-ring (bicyclic) bond motifs is 2. The number of ether oxygens (including phenoxy) is 1. The van der Waals surface area contributed by atoms with Crippen molar-refractivity contribution >= 4 is 40.5 Å². The molecule has 2 aliphatic rings. The van der Waals surface area contributed by atoms with Gasteiger partial charge in [-0.15, -0.1) is 0 Å². The Hall–Kier alpha value is -3.69. The number of rotatable bonds is 6. The summed E-state index contributed by atoms with van der Waals surface area (Å²) in [6.45, 7) is 3.08. The third-order valence-corrected chi connectivity index (χ3v) is 8.26. The topological polar surface area (TPSA) is 87.9 Å². The Morgan fingerprint density at radius 1 is 1.29 bits per heavy atom. The summed E-state index contributed by atoms with van der Waals surface area (Å²) in [5.41, 5.74) is 6.29. The Labute approximate surface area is 227 Å². The van der Waals surface area contributed by atoms with Gasteiger partial charge in [0.2, 0.25) is 0 Å². The molecule has 0 amide bonds. The highest BCUT2D eigenvalue weighted by Gasteiger charge is 2.26. The predicted octanol–water partition coefficient (Wildman–Crippen LogP) is 5.95. The number of benzene rings is 2. The summed E-state index contributed by atoms with van der Waals surface area (Å²) in [6.07, 6.45) is 4.38. The van der Waals surface area contributed by atoms with Crippen molar-refractivity contribution in [2.24, 2.45) is 0 Å². The van der Waals surface area contributed by atoms with Gasteiger partial charge in [0.25, 0.3) is 0 Å². The fourth-order valence-electron chi connectivity index (χ4n) is 4.92. The van der Waals surface area contributed by atoms with E-state index in [-0.39, 0.29) is 17.6 Å². The lowest BCUT2D eigenvalue weighted by Crippen LogP contribution is -2.18. The molecule has 2 aliphatic heterocycles. The largest absolute Gasteiger partial charge is 0.490 e. The monoisotopic (exact) mass is 550 g/mol. The summed E-state index contributed by atoms with van der Waals surface area (Å²) >= 11 is 8.55. The second-order valence-electron chi connectivity index (χ2n) is 9.29. The van der Waals surface area contributed by atoms with Gasteiger partial charge in [0.1, 0.15) is 23.5 Å². The van der Waals surface area contributed by atoms with Gasteiger partial charge in [-0.3, -0.25) is 4.79 Å². The van der Waals surface area contributed by atoms with Crippen LogP contribution in [0.3, 0.4) is 0 Å². The van der Waals surface area contributed by atoms with Gasteiger partial charge in [-0.1, -0.05) is 35.5 Å². The van der Waals surface area contributed by atoms with Crippen LogP contribution in [-0.4, -0.2) is 33.8 Å². The fraction of sp³-hybridized carbons (Fsp3) is 0.214. The first-order valence-electron chi connectivity index (χ1n) is 12.2. The van der Waals surface area contributed by atoms with Crippen LogP contribution in [0, 0.1) is 12.7 Å². The van der Waals surface area contributed by atoms with Crippen molar-refractivity contribution in [3.63, 3.8) is 0 Å². The predicted molar refractivity (Wildman–Crippen MR) is 147 cm³/mol. The highest BCUT2D eigenvalue weighted by Crippen LogP contribution is 2.45. The molecule has 6 rings (SSSR count).